The molecule has 9 aromatic carbocycles. The molecule has 0 spiro atoms. The Hall–Kier alpha value is -9.53. The van der Waals surface area contributed by atoms with Gasteiger partial charge >= 0.3 is 0 Å². The van der Waals surface area contributed by atoms with E-state index in [1.165, 1.54) is 36.4 Å². The molecule has 0 saturated heterocycles. The van der Waals surface area contributed by atoms with E-state index in [0.717, 1.165) is 138 Å². The summed E-state index contributed by atoms with van der Waals surface area (Å²) in [4.78, 5) is 9.21. The van der Waals surface area contributed by atoms with Crippen LogP contribution in [-0.2, 0) is 0 Å². The van der Waals surface area contributed by atoms with E-state index >= 15 is 0 Å². The summed E-state index contributed by atoms with van der Waals surface area (Å²) in [6.07, 6.45) is 5.60. The van der Waals surface area contributed by atoms with Gasteiger partial charge in [0, 0.05) is 79.1 Å². The van der Waals surface area contributed by atoms with Crippen molar-refractivity contribution in [3.63, 3.8) is 0 Å². The van der Waals surface area contributed by atoms with Crippen molar-refractivity contribution < 1.29 is 13.2 Å². The fraction of sp³-hybridized carbons (Fsp3) is 0.0303. The van der Waals surface area contributed by atoms with Crippen LogP contribution in [0.3, 0.4) is 0 Å². The topological polar surface area (TPSA) is 40.6 Å². The van der Waals surface area contributed by atoms with Crippen molar-refractivity contribution in [1.82, 2.24) is 23.7 Å². The Morgan fingerprint density at radius 1 is 0.297 bits per heavy atom. The molecule has 14 aromatic rings. The van der Waals surface area contributed by atoms with Crippen molar-refractivity contribution in [1.29, 1.82) is 0 Å². The summed E-state index contributed by atoms with van der Waals surface area (Å²) in [6.45, 7) is 4.12. The van der Waals surface area contributed by atoms with Crippen molar-refractivity contribution >= 4 is 65.4 Å². The van der Waals surface area contributed by atoms with Gasteiger partial charge in [0.15, 0.2) is 0 Å². The molecule has 0 N–H and O–H groups in total. The molecular weight excluding hydrogens is 920 g/mol. The predicted molar refractivity (Wildman–Crippen MR) is 296 cm³/mol. The number of nitrogens with zero attached hydrogens (tertiary/aromatic N) is 5. The monoisotopic (exact) mass is 961 g/mol. The third-order valence-electron chi connectivity index (χ3n) is 14.6. The van der Waals surface area contributed by atoms with Gasteiger partial charge in [0.25, 0.3) is 0 Å². The number of fused-ring (bicyclic) bond motifs is 9. The van der Waals surface area contributed by atoms with Crippen LogP contribution in [0.5, 0.6) is 0 Å². The Balaban J connectivity index is 0.956. The van der Waals surface area contributed by atoms with E-state index < -0.39 is 0 Å². The van der Waals surface area contributed by atoms with Crippen LogP contribution in [0, 0.1) is 31.3 Å². The number of halogens is 3. The smallest absolute Gasteiger partial charge is 0.123 e. The van der Waals surface area contributed by atoms with Crippen LogP contribution >= 0.6 is 0 Å². The van der Waals surface area contributed by atoms with Gasteiger partial charge in [-0.3, -0.25) is 9.97 Å². The summed E-state index contributed by atoms with van der Waals surface area (Å²) in [6, 6.07) is 65.5. The molecule has 0 unspecified atom stereocenters. The predicted octanol–water partition coefficient (Wildman–Crippen LogP) is 17.5. The maximum Gasteiger partial charge on any atom is 0.123 e. The number of rotatable bonds is 7. The van der Waals surface area contributed by atoms with Crippen LogP contribution in [0.25, 0.3) is 127 Å². The molecule has 0 fully saturated rings. The molecule has 5 heterocycles. The Kier molecular flexibility index (Phi) is 9.82. The fourth-order valence-electron chi connectivity index (χ4n) is 11.1. The lowest BCUT2D eigenvalue weighted by atomic mass is 9.98. The highest BCUT2D eigenvalue weighted by Gasteiger charge is 2.20. The van der Waals surface area contributed by atoms with E-state index in [0.29, 0.717) is 0 Å². The van der Waals surface area contributed by atoms with Crippen LogP contribution in [0.4, 0.5) is 13.2 Å². The first-order valence-electron chi connectivity index (χ1n) is 24.6. The molecule has 0 aliphatic rings. The Morgan fingerprint density at radius 2 is 0.622 bits per heavy atom. The summed E-state index contributed by atoms with van der Waals surface area (Å²) < 4.78 is 49.7. The second-order valence-corrected chi connectivity index (χ2v) is 19.3. The van der Waals surface area contributed by atoms with Gasteiger partial charge < -0.3 is 13.7 Å². The van der Waals surface area contributed by atoms with Crippen LogP contribution in [0.2, 0.25) is 0 Å². The minimum Gasteiger partial charge on any atom is -0.309 e. The Labute approximate surface area is 423 Å². The van der Waals surface area contributed by atoms with Gasteiger partial charge in [-0.25, -0.2) is 13.2 Å². The summed E-state index contributed by atoms with van der Waals surface area (Å²) in [5.74, 6) is -0.865. The summed E-state index contributed by atoms with van der Waals surface area (Å²) in [5, 5.41) is 6.37. The summed E-state index contributed by atoms with van der Waals surface area (Å²) >= 11 is 0. The average Bonchev–Trinajstić information content (AvgIpc) is 4.05. The second-order valence-electron chi connectivity index (χ2n) is 19.3. The van der Waals surface area contributed by atoms with Gasteiger partial charge in [0.2, 0.25) is 0 Å². The second kappa shape index (κ2) is 16.8. The normalized spacial score (nSPS) is 11.9. The molecule has 0 aliphatic heterocycles. The fourth-order valence-corrected chi connectivity index (χ4v) is 11.1. The maximum absolute atomic E-state index is 14.5. The van der Waals surface area contributed by atoms with E-state index in [1.807, 2.05) is 68.0 Å². The van der Waals surface area contributed by atoms with Gasteiger partial charge in [-0.15, -0.1) is 0 Å². The van der Waals surface area contributed by atoms with E-state index in [2.05, 4.69) is 147 Å². The van der Waals surface area contributed by atoms with E-state index in [-0.39, 0.29) is 17.5 Å². The zero-order valence-corrected chi connectivity index (χ0v) is 40.2. The maximum atomic E-state index is 14.5. The van der Waals surface area contributed by atoms with Gasteiger partial charge in [0.05, 0.1) is 38.8 Å². The molecule has 0 atom stereocenters. The summed E-state index contributed by atoms with van der Waals surface area (Å²) in [5.41, 5.74) is 19.0. The number of benzene rings is 9. The molecule has 14 rings (SSSR count). The van der Waals surface area contributed by atoms with Crippen LogP contribution in [0.15, 0.2) is 219 Å². The first-order chi connectivity index (χ1) is 36.2. The van der Waals surface area contributed by atoms with Crippen LogP contribution in [0.1, 0.15) is 11.1 Å². The minimum absolute atomic E-state index is 0.284. The highest BCUT2D eigenvalue weighted by molar-refractivity contribution is 6.15. The van der Waals surface area contributed by atoms with Gasteiger partial charge in [-0.05, 0) is 217 Å². The quantitative estimate of drug-likeness (QED) is 0.160. The number of hydrogen-bond donors (Lipinski definition) is 0. The van der Waals surface area contributed by atoms with Crippen molar-refractivity contribution in [3.8, 4) is 61.7 Å². The zero-order chi connectivity index (χ0) is 49.8. The molecule has 0 aliphatic carbocycles. The summed E-state index contributed by atoms with van der Waals surface area (Å²) in [7, 11) is 0. The molecule has 74 heavy (non-hydrogen) atoms. The molecule has 352 valence electrons. The minimum atomic E-state index is -0.295. The zero-order valence-electron chi connectivity index (χ0n) is 40.2. The van der Waals surface area contributed by atoms with E-state index in [4.69, 9.17) is 4.98 Å². The van der Waals surface area contributed by atoms with Crippen LogP contribution < -0.4 is 0 Å². The SMILES string of the molecule is Cc1cncc(-c2ccc3c(c2)c2cc(-c4ccc5c(c4)c4cc(-c6ccc7c(c6)c6cc(-c8cc(C)ccn8)ccc6n7-c6ccc(F)cc6)ccc4n5-c4ccc(F)cc4)ccc2n3-c2ccc(F)cc2)c1. The standard InChI is InChI=1S/C66H42F3N5/c1-39-27-28-71-60(30-39)46-8-26-66-59(36-46)57-34-44(6-24-64(57)74(66)53-19-13-50(69)14-20-53)42-4-22-62-55(32-42)54-31-41(3-21-61(54)72(62)51-15-9-48(67)10-16-51)43-5-23-63-56(33-43)58-35-45(47-29-40(2)37-70-38-47)7-25-65(58)73(63)52-17-11-49(68)12-18-52/h3-38H,1-2H3. The third-order valence-corrected chi connectivity index (χ3v) is 14.6. The van der Waals surface area contributed by atoms with Crippen molar-refractivity contribution in [3.05, 3.63) is 247 Å². The lowest BCUT2D eigenvalue weighted by Gasteiger charge is -2.10. The Morgan fingerprint density at radius 3 is 0.959 bits per heavy atom. The molecule has 0 amide bonds. The highest BCUT2D eigenvalue weighted by atomic mass is 19.1. The largest absolute Gasteiger partial charge is 0.309 e. The average molecular weight is 962 g/mol. The van der Waals surface area contributed by atoms with E-state index in [9.17, 15) is 13.2 Å². The first-order valence-corrected chi connectivity index (χ1v) is 24.6. The van der Waals surface area contributed by atoms with Gasteiger partial charge in [-0.1, -0.05) is 36.4 Å². The lowest BCUT2D eigenvalue weighted by Crippen LogP contribution is -1.94. The molecule has 0 radical (unpaired) electrons. The molecular formula is C66H42F3N5. The molecule has 5 aromatic heterocycles. The van der Waals surface area contributed by atoms with Gasteiger partial charge in [-0.2, -0.15) is 0 Å². The number of aryl methyl sites for hydroxylation is 2. The number of hydrogen-bond acceptors (Lipinski definition) is 2. The molecule has 5 nitrogen and oxygen atoms in total. The molecule has 8 heteroatoms. The van der Waals surface area contributed by atoms with Crippen molar-refractivity contribution in [2.24, 2.45) is 0 Å². The third kappa shape index (κ3) is 7.09. The van der Waals surface area contributed by atoms with Crippen LogP contribution in [-0.4, -0.2) is 23.7 Å². The number of aromatic nitrogens is 5. The number of pyridine rings is 2. The lowest BCUT2D eigenvalue weighted by molar-refractivity contribution is 0.627. The van der Waals surface area contributed by atoms with E-state index in [1.54, 1.807) is 0 Å². The molecule has 0 saturated carbocycles. The Bertz CT molecular complexity index is 4310. The van der Waals surface area contributed by atoms with Crippen molar-refractivity contribution in [2.45, 2.75) is 13.8 Å². The molecule has 0 bridgehead atoms. The van der Waals surface area contributed by atoms with Gasteiger partial charge in [0.1, 0.15) is 17.5 Å². The highest BCUT2D eigenvalue weighted by Crippen LogP contribution is 2.42. The first kappa shape index (κ1) is 43.3. The van der Waals surface area contributed by atoms with Crippen molar-refractivity contribution in [2.75, 3.05) is 0 Å².